The normalized spacial score (nSPS) is 13.0. The molecule has 2 rings (SSSR count). The third kappa shape index (κ3) is 1.35. The fourth-order valence-electron chi connectivity index (χ4n) is 1.21. The topological polar surface area (TPSA) is 35.5 Å². The summed E-state index contributed by atoms with van der Waals surface area (Å²) in [6.07, 6.45) is 0.711. The van der Waals surface area contributed by atoms with Crippen LogP contribution in [0.15, 0.2) is 12.1 Å². The lowest BCUT2D eigenvalue weighted by molar-refractivity contribution is -0.107. The van der Waals surface area contributed by atoms with Gasteiger partial charge in [-0.25, -0.2) is 4.39 Å². The van der Waals surface area contributed by atoms with Crippen molar-refractivity contribution in [3.8, 4) is 11.5 Å². The van der Waals surface area contributed by atoms with Crippen LogP contribution >= 0.6 is 0 Å². The van der Waals surface area contributed by atoms with E-state index in [1.165, 1.54) is 12.1 Å². The van der Waals surface area contributed by atoms with Crippen molar-refractivity contribution in [2.75, 3.05) is 6.79 Å². The molecule has 0 aliphatic carbocycles. The summed E-state index contributed by atoms with van der Waals surface area (Å²) in [6, 6.07) is 2.73. The summed E-state index contributed by atoms with van der Waals surface area (Å²) in [5.74, 6) is 0.460. The molecule has 0 saturated carbocycles. The number of carbonyl (C=O) groups is 1. The zero-order chi connectivity index (χ0) is 9.26. The Morgan fingerprint density at radius 3 is 2.77 bits per heavy atom. The van der Waals surface area contributed by atoms with Gasteiger partial charge < -0.3 is 14.3 Å². The highest BCUT2D eigenvalue weighted by Crippen LogP contribution is 2.34. The average molecular weight is 182 g/mol. The van der Waals surface area contributed by atoms with Crippen LogP contribution in [0.3, 0.4) is 0 Å². The van der Waals surface area contributed by atoms with E-state index in [-0.39, 0.29) is 13.2 Å². The van der Waals surface area contributed by atoms with Gasteiger partial charge >= 0.3 is 0 Å². The van der Waals surface area contributed by atoms with Crippen LogP contribution < -0.4 is 9.47 Å². The second kappa shape index (κ2) is 3.05. The van der Waals surface area contributed by atoms with Crippen molar-refractivity contribution in [3.63, 3.8) is 0 Å². The number of hydrogen-bond donors (Lipinski definition) is 0. The first-order valence-corrected chi connectivity index (χ1v) is 3.83. The Morgan fingerprint density at radius 1 is 1.38 bits per heavy atom. The number of halogens is 1. The van der Waals surface area contributed by atoms with Gasteiger partial charge in [0.15, 0.2) is 11.5 Å². The van der Waals surface area contributed by atoms with Crippen LogP contribution in [0.4, 0.5) is 4.39 Å². The maximum atomic E-state index is 13.1. The Morgan fingerprint density at radius 2 is 2.08 bits per heavy atom. The molecule has 1 aliphatic rings. The summed E-state index contributed by atoms with van der Waals surface area (Å²) in [5, 5.41) is 0. The van der Waals surface area contributed by atoms with E-state index in [9.17, 15) is 9.18 Å². The predicted octanol–water partition coefficient (Wildman–Crippen LogP) is 1.30. The Kier molecular flexibility index (Phi) is 1.88. The average Bonchev–Trinajstić information content (AvgIpc) is 2.52. The maximum Gasteiger partial charge on any atom is 0.231 e. The van der Waals surface area contributed by atoms with Crippen molar-refractivity contribution in [3.05, 3.63) is 23.5 Å². The van der Waals surface area contributed by atoms with Crippen LogP contribution in [0.25, 0.3) is 0 Å². The van der Waals surface area contributed by atoms with Crippen molar-refractivity contribution < 1.29 is 18.7 Å². The monoisotopic (exact) mass is 182 g/mol. The molecule has 0 radical (unpaired) electrons. The van der Waals surface area contributed by atoms with E-state index in [0.29, 0.717) is 23.3 Å². The molecule has 1 aliphatic heterocycles. The molecule has 0 saturated heterocycles. The van der Waals surface area contributed by atoms with Gasteiger partial charge in [0.05, 0.1) is 0 Å². The molecule has 0 amide bonds. The molecular weight excluding hydrogens is 175 g/mol. The van der Waals surface area contributed by atoms with Crippen LogP contribution in [0.1, 0.15) is 5.56 Å². The number of ether oxygens (including phenoxy) is 2. The summed E-state index contributed by atoms with van der Waals surface area (Å²) >= 11 is 0. The Bertz CT molecular complexity index is 349. The van der Waals surface area contributed by atoms with Gasteiger partial charge in [-0.1, -0.05) is 0 Å². The van der Waals surface area contributed by atoms with E-state index in [1.54, 1.807) is 0 Å². The lowest BCUT2D eigenvalue weighted by Crippen LogP contribution is -1.93. The predicted molar refractivity (Wildman–Crippen MR) is 42.3 cm³/mol. The number of fused-ring (bicyclic) bond motifs is 1. The third-order valence-electron chi connectivity index (χ3n) is 1.84. The van der Waals surface area contributed by atoms with Crippen molar-refractivity contribution >= 4 is 6.29 Å². The standard InChI is InChI=1S/C9H7FO3/c10-7-4-9-8(12-5-13-9)3-6(7)1-2-11/h2-4H,1,5H2. The van der Waals surface area contributed by atoms with Crippen LogP contribution in [-0.2, 0) is 11.2 Å². The largest absolute Gasteiger partial charge is 0.454 e. The minimum absolute atomic E-state index is 0.0580. The van der Waals surface area contributed by atoms with Gasteiger partial charge in [-0.2, -0.15) is 0 Å². The van der Waals surface area contributed by atoms with E-state index in [1.807, 2.05) is 0 Å². The molecule has 0 N–H and O–H groups in total. The van der Waals surface area contributed by atoms with Crippen molar-refractivity contribution in [1.29, 1.82) is 0 Å². The molecule has 1 aromatic carbocycles. The first-order valence-electron chi connectivity index (χ1n) is 3.83. The number of benzene rings is 1. The van der Waals surface area contributed by atoms with Crippen LogP contribution in [-0.4, -0.2) is 13.1 Å². The Labute approximate surface area is 74.1 Å². The van der Waals surface area contributed by atoms with E-state index in [4.69, 9.17) is 9.47 Å². The van der Waals surface area contributed by atoms with Crippen molar-refractivity contribution in [2.24, 2.45) is 0 Å². The second-order valence-electron chi connectivity index (χ2n) is 2.67. The summed E-state index contributed by atoms with van der Waals surface area (Å²) in [4.78, 5) is 10.2. The summed E-state index contributed by atoms with van der Waals surface area (Å²) < 4.78 is 23.1. The molecule has 4 heteroatoms. The first-order chi connectivity index (χ1) is 6.31. The molecule has 68 valence electrons. The van der Waals surface area contributed by atoms with Gasteiger partial charge in [-0.05, 0) is 11.6 Å². The highest BCUT2D eigenvalue weighted by Gasteiger charge is 2.16. The highest BCUT2D eigenvalue weighted by molar-refractivity contribution is 5.57. The fraction of sp³-hybridized carbons (Fsp3) is 0.222. The molecule has 0 atom stereocenters. The number of hydrogen-bond acceptors (Lipinski definition) is 3. The van der Waals surface area contributed by atoms with E-state index >= 15 is 0 Å². The van der Waals surface area contributed by atoms with Gasteiger partial charge in [0.1, 0.15) is 12.1 Å². The summed E-state index contributed by atoms with van der Waals surface area (Å²) in [7, 11) is 0. The molecule has 0 unspecified atom stereocenters. The van der Waals surface area contributed by atoms with Crippen LogP contribution in [0.2, 0.25) is 0 Å². The molecule has 0 spiro atoms. The van der Waals surface area contributed by atoms with Gasteiger partial charge in [0.25, 0.3) is 0 Å². The molecule has 3 nitrogen and oxygen atoms in total. The second-order valence-corrected chi connectivity index (χ2v) is 2.67. The number of aldehydes is 1. The SMILES string of the molecule is O=CCc1cc2c(cc1F)OCO2. The fourth-order valence-corrected chi connectivity index (χ4v) is 1.21. The van der Waals surface area contributed by atoms with Gasteiger partial charge in [-0.15, -0.1) is 0 Å². The molecule has 0 fully saturated rings. The zero-order valence-corrected chi connectivity index (χ0v) is 6.75. The summed E-state index contributed by atoms with van der Waals surface area (Å²) in [5.41, 5.74) is 0.333. The third-order valence-corrected chi connectivity index (χ3v) is 1.84. The van der Waals surface area contributed by atoms with Crippen LogP contribution in [0.5, 0.6) is 11.5 Å². The van der Waals surface area contributed by atoms with Gasteiger partial charge in [-0.3, -0.25) is 0 Å². The van der Waals surface area contributed by atoms with Gasteiger partial charge in [0, 0.05) is 12.5 Å². The van der Waals surface area contributed by atoms with E-state index in [0.717, 1.165) is 0 Å². The van der Waals surface area contributed by atoms with E-state index < -0.39 is 5.82 Å². The quantitative estimate of drug-likeness (QED) is 0.646. The molecule has 0 bridgehead atoms. The molecular formula is C9H7FO3. The van der Waals surface area contributed by atoms with E-state index in [2.05, 4.69) is 0 Å². The first kappa shape index (κ1) is 8.04. The molecule has 1 aromatic rings. The zero-order valence-electron chi connectivity index (χ0n) is 6.75. The summed E-state index contributed by atoms with van der Waals surface area (Å²) in [6.45, 7) is 0.110. The maximum absolute atomic E-state index is 13.1. The highest BCUT2D eigenvalue weighted by atomic mass is 19.1. The minimum atomic E-state index is -0.434. The molecule has 13 heavy (non-hydrogen) atoms. The molecule has 1 heterocycles. The van der Waals surface area contributed by atoms with Crippen molar-refractivity contribution in [2.45, 2.75) is 6.42 Å². The number of rotatable bonds is 2. The van der Waals surface area contributed by atoms with Crippen molar-refractivity contribution in [1.82, 2.24) is 0 Å². The lowest BCUT2D eigenvalue weighted by Gasteiger charge is -2.00. The lowest BCUT2D eigenvalue weighted by atomic mass is 10.1. The minimum Gasteiger partial charge on any atom is -0.454 e. The number of carbonyl (C=O) groups excluding carboxylic acids is 1. The molecule has 0 aromatic heterocycles. The van der Waals surface area contributed by atoms with Gasteiger partial charge in [0.2, 0.25) is 6.79 Å². The Balaban J connectivity index is 2.42. The Hall–Kier alpha value is -1.58. The van der Waals surface area contributed by atoms with Crippen LogP contribution in [0, 0.1) is 5.82 Å². The smallest absolute Gasteiger partial charge is 0.231 e.